The average Bonchev–Trinajstić information content (AvgIpc) is 3.56. The molecule has 3 N–H and O–H groups in total. The number of nitrogens with one attached hydrogen (secondary N) is 3. The lowest BCUT2D eigenvalue weighted by Gasteiger charge is -2.35. The Hall–Kier alpha value is -4.88. The Kier molecular flexibility index (Phi) is 9.22. The lowest BCUT2D eigenvalue weighted by molar-refractivity contribution is -0.133. The van der Waals surface area contributed by atoms with Crippen LogP contribution in [0.4, 0.5) is 5.69 Å². The van der Waals surface area contributed by atoms with Gasteiger partial charge < -0.3 is 24.1 Å². The number of piperazine rings is 1. The second-order valence-corrected chi connectivity index (χ2v) is 11.6. The summed E-state index contributed by atoms with van der Waals surface area (Å²) in [6.45, 7) is 5.68. The van der Waals surface area contributed by atoms with Crippen molar-refractivity contribution in [2.24, 2.45) is 7.05 Å². The van der Waals surface area contributed by atoms with Gasteiger partial charge in [-0.3, -0.25) is 34.6 Å². The molecule has 2 aromatic heterocycles. The molecule has 0 spiro atoms. The number of carbonyl (C=O) groups is 2. The number of nitrogens with zero attached hydrogens (tertiary/aromatic N) is 4. The molecule has 0 bridgehead atoms. The van der Waals surface area contributed by atoms with Crippen molar-refractivity contribution in [3.05, 3.63) is 64.7 Å². The maximum atomic E-state index is 12.5. The van der Waals surface area contributed by atoms with Gasteiger partial charge in [0.15, 0.2) is 0 Å². The maximum absolute atomic E-state index is 12.5. The van der Waals surface area contributed by atoms with Crippen LogP contribution < -0.4 is 30.4 Å². The van der Waals surface area contributed by atoms with Crippen molar-refractivity contribution < 1.29 is 23.8 Å². The Labute approximate surface area is 266 Å². The number of aromatic amines is 1. The molecule has 13 nitrogen and oxygen atoms in total. The molecular weight excluding hydrogens is 590 g/mol. The monoisotopic (exact) mass is 629 g/mol. The molecule has 2 amide bonds. The first-order valence-corrected chi connectivity index (χ1v) is 15.4. The molecule has 242 valence electrons. The number of hydrogen-bond donors (Lipinski definition) is 3. The van der Waals surface area contributed by atoms with Crippen LogP contribution in [0.25, 0.3) is 22.0 Å². The van der Waals surface area contributed by atoms with Crippen molar-refractivity contribution in [3.8, 4) is 28.4 Å². The molecule has 0 radical (unpaired) electrons. The number of carbonyl (C=O) groups excluding carboxylic acids is 2. The van der Waals surface area contributed by atoms with E-state index in [1.165, 1.54) is 0 Å². The molecular formula is C33H39N7O6. The molecule has 2 aliphatic heterocycles. The number of piperidine rings is 1. The summed E-state index contributed by atoms with van der Waals surface area (Å²) in [5.74, 6) is 1.71. The molecule has 46 heavy (non-hydrogen) atoms. The minimum Gasteiger partial charge on any atom is -0.496 e. The van der Waals surface area contributed by atoms with E-state index in [9.17, 15) is 14.4 Å². The van der Waals surface area contributed by atoms with Gasteiger partial charge >= 0.3 is 0 Å². The molecule has 4 aromatic rings. The van der Waals surface area contributed by atoms with E-state index < -0.39 is 6.04 Å². The zero-order chi connectivity index (χ0) is 32.2. The number of H-pyrrole nitrogens is 1. The summed E-state index contributed by atoms with van der Waals surface area (Å²) in [5.41, 5.74) is 3.86. The van der Waals surface area contributed by atoms with E-state index in [0.29, 0.717) is 31.5 Å². The highest BCUT2D eigenvalue weighted by Gasteiger charge is 2.26. The number of methoxy groups -OCH3 is 2. The van der Waals surface area contributed by atoms with Gasteiger partial charge in [-0.05, 0) is 48.4 Å². The molecule has 13 heteroatoms. The number of amides is 2. The van der Waals surface area contributed by atoms with Crippen LogP contribution in [-0.4, -0.2) is 96.0 Å². The summed E-state index contributed by atoms with van der Waals surface area (Å²) >= 11 is 0. The van der Waals surface area contributed by atoms with Crippen molar-refractivity contribution in [2.45, 2.75) is 25.4 Å². The first kappa shape index (κ1) is 31.1. The summed E-state index contributed by atoms with van der Waals surface area (Å²) in [4.78, 5) is 40.7. The number of aryl methyl sites for hydroxylation is 1. The number of aromatic nitrogens is 3. The first-order chi connectivity index (χ1) is 22.3. The SMILES string of the molecule is COc1cc(-c2cn(C)c(=O)c3[nH]ncc23)cc(OC)c1CN1CCN(CCOc2ccc(NC3CCC(=O)NC3=O)cc2)CC1. The highest BCUT2D eigenvalue weighted by atomic mass is 16.5. The van der Waals surface area contributed by atoms with Crippen molar-refractivity contribution >= 4 is 28.4 Å². The van der Waals surface area contributed by atoms with E-state index in [4.69, 9.17) is 14.2 Å². The van der Waals surface area contributed by atoms with E-state index >= 15 is 0 Å². The Morgan fingerprint density at radius 3 is 2.35 bits per heavy atom. The normalized spacial score (nSPS) is 17.6. The minimum atomic E-state index is -0.412. The van der Waals surface area contributed by atoms with E-state index in [2.05, 4.69) is 30.6 Å². The van der Waals surface area contributed by atoms with E-state index in [0.717, 1.165) is 77.7 Å². The summed E-state index contributed by atoms with van der Waals surface area (Å²) in [6, 6.07) is 11.1. The van der Waals surface area contributed by atoms with Gasteiger partial charge in [0.1, 0.15) is 35.4 Å². The maximum Gasteiger partial charge on any atom is 0.276 e. The summed E-state index contributed by atoms with van der Waals surface area (Å²) in [5, 5.41) is 13.2. The molecule has 6 rings (SSSR count). The van der Waals surface area contributed by atoms with Crippen LogP contribution in [0.3, 0.4) is 0 Å². The molecule has 2 aliphatic rings. The fraction of sp³-hybridized carbons (Fsp3) is 0.394. The summed E-state index contributed by atoms with van der Waals surface area (Å²) in [7, 11) is 5.05. The number of pyridine rings is 1. The lowest BCUT2D eigenvalue weighted by Crippen LogP contribution is -2.47. The number of rotatable bonds is 11. The number of ether oxygens (including phenoxy) is 3. The van der Waals surface area contributed by atoms with Crippen LogP contribution in [0.15, 0.2) is 53.6 Å². The van der Waals surface area contributed by atoms with Crippen LogP contribution in [0.5, 0.6) is 17.2 Å². The van der Waals surface area contributed by atoms with Crippen LogP contribution in [0, 0.1) is 0 Å². The van der Waals surface area contributed by atoms with Gasteiger partial charge in [-0.15, -0.1) is 0 Å². The van der Waals surface area contributed by atoms with Gasteiger partial charge in [-0.25, -0.2) is 0 Å². The Morgan fingerprint density at radius 2 is 1.67 bits per heavy atom. The molecule has 4 heterocycles. The smallest absolute Gasteiger partial charge is 0.276 e. The molecule has 2 aromatic carbocycles. The van der Waals surface area contributed by atoms with Gasteiger partial charge in [0.2, 0.25) is 11.8 Å². The van der Waals surface area contributed by atoms with Crippen molar-refractivity contribution in [3.63, 3.8) is 0 Å². The highest BCUT2D eigenvalue weighted by Crippen LogP contribution is 2.37. The fourth-order valence-electron chi connectivity index (χ4n) is 6.04. The van der Waals surface area contributed by atoms with Crippen molar-refractivity contribution in [1.82, 2.24) is 29.9 Å². The highest BCUT2D eigenvalue weighted by molar-refractivity contribution is 6.01. The second kappa shape index (κ2) is 13.6. The van der Waals surface area contributed by atoms with Crippen LogP contribution in [0.1, 0.15) is 18.4 Å². The Morgan fingerprint density at radius 1 is 0.978 bits per heavy atom. The third kappa shape index (κ3) is 6.70. The minimum absolute atomic E-state index is 0.132. The van der Waals surface area contributed by atoms with E-state index in [1.54, 1.807) is 32.0 Å². The molecule has 0 aliphatic carbocycles. The van der Waals surface area contributed by atoms with Crippen LogP contribution in [0.2, 0.25) is 0 Å². The van der Waals surface area contributed by atoms with Gasteiger partial charge in [-0.2, -0.15) is 5.10 Å². The number of benzene rings is 2. The topological polar surface area (TPSA) is 143 Å². The van der Waals surface area contributed by atoms with Gasteiger partial charge in [0.25, 0.3) is 5.56 Å². The van der Waals surface area contributed by atoms with Crippen molar-refractivity contribution in [1.29, 1.82) is 0 Å². The third-order valence-electron chi connectivity index (χ3n) is 8.66. The molecule has 2 saturated heterocycles. The van der Waals surface area contributed by atoms with Gasteiger partial charge in [0.05, 0.1) is 26.0 Å². The van der Waals surface area contributed by atoms with E-state index in [1.807, 2.05) is 42.6 Å². The third-order valence-corrected chi connectivity index (χ3v) is 8.66. The lowest BCUT2D eigenvalue weighted by atomic mass is 10.00. The first-order valence-electron chi connectivity index (χ1n) is 15.4. The average molecular weight is 630 g/mol. The number of anilines is 1. The molecule has 1 atom stereocenters. The zero-order valence-electron chi connectivity index (χ0n) is 26.3. The number of hydrogen-bond acceptors (Lipinski definition) is 10. The van der Waals surface area contributed by atoms with Crippen LogP contribution in [-0.2, 0) is 23.2 Å². The Balaban J connectivity index is 1.01. The number of imide groups is 1. The predicted octanol–water partition coefficient (Wildman–Crippen LogP) is 2.36. The van der Waals surface area contributed by atoms with Crippen LogP contribution >= 0.6 is 0 Å². The van der Waals surface area contributed by atoms with E-state index in [-0.39, 0.29) is 17.4 Å². The van der Waals surface area contributed by atoms with Crippen molar-refractivity contribution in [2.75, 3.05) is 58.9 Å². The van der Waals surface area contributed by atoms with Gasteiger partial charge in [0, 0.05) is 75.6 Å². The standard InChI is InChI=1S/C33H39N7O6/c1-38-19-25(24-18-34-37-31(24)33(38)43)21-16-28(44-2)26(29(17-21)45-3)20-40-12-10-39(11-13-40)14-15-46-23-6-4-22(5-7-23)35-27-8-9-30(41)36-32(27)42/h4-7,16-19,27,35H,8-15,20H2,1-3H3,(H,34,37)(H,36,41,42). The molecule has 0 saturated carbocycles. The largest absolute Gasteiger partial charge is 0.496 e. The fourth-order valence-corrected chi connectivity index (χ4v) is 6.04. The zero-order valence-corrected chi connectivity index (χ0v) is 26.3. The predicted molar refractivity (Wildman–Crippen MR) is 173 cm³/mol. The number of fused-ring (bicyclic) bond motifs is 1. The molecule has 2 fully saturated rings. The Bertz CT molecular complexity index is 1750. The van der Waals surface area contributed by atoms with Gasteiger partial charge in [-0.1, -0.05) is 0 Å². The summed E-state index contributed by atoms with van der Waals surface area (Å²) in [6.07, 6.45) is 4.30. The quantitative estimate of drug-likeness (QED) is 0.212. The molecule has 1 unspecified atom stereocenters. The summed E-state index contributed by atoms with van der Waals surface area (Å²) < 4.78 is 19.2. The second-order valence-electron chi connectivity index (χ2n) is 11.6.